The van der Waals surface area contributed by atoms with Gasteiger partial charge in [0.25, 0.3) is 0 Å². The molecule has 4 heteroatoms. The van der Waals surface area contributed by atoms with Crippen LogP contribution >= 0.6 is 11.6 Å². The molecule has 1 aliphatic rings. The zero-order chi connectivity index (χ0) is 13.1. The van der Waals surface area contributed by atoms with Gasteiger partial charge in [0.15, 0.2) is 0 Å². The van der Waals surface area contributed by atoms with Gasteiger partial charge in [-0.1, -0.05) is 24.6 Å². The molecular weight excluding hydrogens is 250 g/mol. The molecule has 0 heterocycles. The van der Waals surface area contributed by atoms with Crippen molar-refractivity contribution in [1.29, 1.82) is 0 Å². The van der Waals surface area contributed by atoms with Gasteiger partial charge in [-0.25, -0.2) is 4.79 Å². The fraction of sp³-hybridized carbons (Fsp3) is 0.500. The fourth-order valence-corrected chi connectivity index (χ4v) is 2.47. The summed E-state index contributed by atoms with van der Waals surface area (Å²) in [6.07, 6.45) is 4.12. The van der Waals surface area contributed by atoms with Crippen LogP contribution in [-0.2, 0) is 4.74 Å². The highest BCUT2D eigenvalue weighted by molar-refractivity contribution is 6.36. The fourth-order valence-electron chi connectivity index (χ4n) is 2.27. The number of nitrogen functional groups attached to an aromatic ring is 1. The Hall–Kier alpha value is -1.22. The van der Waals surface area contributed by atoms with Gasteiger partial charge < -0.3 is 10.5 Å². The predicted molar refractivity (Wildman–Crippen MR) is 72.7 cm³/mol. The number of rotatable bonds is 2. The zero-order valence-electron chi connectivity index (χ0n) is 10.5. The molecule has 1 saturated carbocycles. The van der Waals surface area contributed by atoms with Crippen molar-refractivity contribution in [1.82, 2.24) is 0 Å². The first kappa shape index (κ1) is 13.2. The molecule has 3 nitrogen and oxygen atoms in total. The summed E-state index contributed by atoms with van der Waals surface area (Å²) in [5, 5.41) is 0.284. The van der Waals surface area contributed by atoms with Gasteiger partial charge in [-0.15, -0.1) is 0 Å². The molecular formula is C14H18ClNO2. The number of anilines is 1. The molecule has 0 spiro atoms. The lowest BCUT2D eigenvalue weighted by atomic mass is 9.89. The largest absolute Gasteiger partial charge is 0.459 e. The van der Waals surface area contributed by atoms with E-state index in [2.05, 4.69) is 6.92 Å². The Labute approximate surface area is 112 Å². The molecule has 18 heavy (non-hydrogen) atoms. The lowest BCUT2D eigenvalue weighted by Crippen LogP contribution is -2.23. The van der Waals surface area contributed by atoms with E-state index >= 15 is 0 Å². The number of hydrogen-bond acceptors (Lipinski definition) is 3. The second kappa shape index (κ2) is 5.61. The number of hydrogen-bond donors (Lipinski definition) is 1. The van der Waals surface area contributed by atoms with E-state index in [0.717, 1.165) is 31.6 Å². The highest BCUT2D eigenvalue weighted by atomic mass is 35.5. The van der Waals surface area contributed by atoms with Crippen molar-refractivity contribution in [3.63, 3.8) is 0 Å². The minimum absolute atomic E-state index is 0.0196. The Morgan fingerprint density at radius 3 is 2.67 bits per heavy atom. The maximum Gasteiger partial charge on any atom is 0.340 e. The summed E-state index contributed by atoms with van der Waals surface area (Å²) in [5.74, 6) is 0.364. The van der Waals surface area contributed by atoms with Crippen LogP contribution in [0.2, 0.25) is 5.02 Å². The van der Waals surface area contributed by atoms with Gasteiger partial charge in [-0.05, 0) is 43.7 Å². The first-order valence-electron chi connectivity index (χ1n) is 6.33. The highest BCUT2D eigenvalue weighted by Gasteiger charge is 2.23. The third kappa shape index (κ3) is 2.96. The quantitative estimate of drug-likeness (QED) is 0.657. The lowest BCUT2D eigenvalue weighted by molar-refractivity contribution is 0.0174. The second-order valence-electron chi connectivity index (χ2n) is 5.00. The van der Waals surface area contributed by atoms with E-state index in [1.165, 1.54) is 0 Å². The summed E-state index contributed by atoms with van der Waals surface area (Å²) >= 11 is 6.00. The summed E-state index contributed by atoms with van der Waals surface area (Å²) in [4.78, 5) is 12.0. The summed E-state index contributed by atoms with van der Waals surface area (Å²) in [6.45, 7) is 2.23. The van der Waals surface area contributed by atoms with Crippen LogP contribution in [0.15, 0.2) is 18.2 Å². The molecule has 0 radical (unpaired) electrons. The van der Waals surface area contributed by atoms with Crippen LogP contribution in [0, 0.1) is 5.92 Å². The number of nitrogens with two attached hydrogens (primary N) is 1. The molecule has 0 unspecified atom stereocenters. The van der Waals surface area contributed by atoms with Crippen molar-refractivity contribution in [2.45, 2.75) is 38.7 Å². The summed E-state index contributed by atoms with van der Waals surface area (Å²) in [6, 6.07) is 5.02. The number of halogens is 1. The van der Waals surface area contributed by atoms with Gasteiger partial charge >= 0.3 is 5.97 Å². The van der Waals surface area contributed by atoms with Crippen molar-refractivity contribution in [3.05, 3.63) is 28.8 Å². The van der Waals surface area contributed by atoms with Crippen molar-refractivity contribution < 1.29 is 9.53 Å². The van der Waals surface area contributed by atoms with Crippen LogP contribution in [0.25, 0.3) is 0 Å². The number of esters is 1. The molecule has 1 aliphatic carbocycles. The smallest absolute Gasteiger partial charge is 0.340 e. The van der Waals surface area contributed by atoms with Gasteiger partial charge in [-0.3, -0.25) is 0 Å². The van der Waals surface area contributed by atoms with E-state index in [9.17, 15) is 4.79 Å². The van der Waals surface area contributed by atoms with Gasteiger partial charge in [0.05, 0.1) is 16.3 Å². The Morgan fingerprint density at radius 2 is 2.00 bits per heavy atom. The van der Waals surface area contributed by atoms with Crippen LogP contribution in [0.5, 0.6) is 0 Å². The number of benzene rings is 1. The lowest BCUT2D eigenvalue weighted by Gasteiger charge is -2.26. The number of carbonyl (C=O) groups excluding carboxylic acids is 1. The minimum Gasteiger partial charge on any atom is -0.459 e. The van der Waals surface area contributed by atoms with Gasteiger partial charge in [0, 0.05) is 0 Å². The molecule has 0 aliphatic heterocycles. The maximum atomic E-state index is 12.0. The molecule has 0 bridgehead atoms. The molecule has 98 valence electrons. The van der Waals surface area contributed by atoms with Crippen molar-refractivity contribution in [2.75, 3.05) is 5.73 Å². The van der Waals surface area contributed by atoms with Crippen molar-refractivity contribution >= 4 is 23.3 Å². The molecule has 2 N–H and O–H groups in total. The van der Waals surface area contributed by atoms with E-state index in [-0.39, 0.29) is 17.1 Å². The summed E-state index contributed by atoms with van der Waals surface area (Å²) in [7, 11) is 0. The SMILES string of the molecule is CC1CCC(OC(=O)c2cccc(N)c2Cl)CC1. The standard InChI is InChI=1S/C14H18ClNO2/c1-9-5-7-10(8-6-9)18-14(17)11-3-2-4-12(16)13(11)15/h2-4,9-10H,5-8,16H2,1H3. The normalized spacial score (nSPS) is 23.7. The highest BCUT2D eigenvalue weighted by Crippen LogP contribution is 2.28. The van der Waals surface area contributed by atoms with Crippen molar-refractivity contribution in [2.24, 2.45) is 5.92 Å². The Balaban J connectivity index is 2.01. The third-order valence-electron chi connectivity index (χ3n) is 3.49. The van der Waals surface area contributed by atoms with Gasteiger partial charge in [0.1, 0.15) is 6.10 Å². The minimum atomic E-state index is -0.369. The van der Waals surface area contributed by atoms with E-state index in [1.807, 2.05) is 0 Å². The molecule has 1 aromatic rings. The van der Waals surface area contributed by atoms with Crippen LogP contribution in [0.3, 0.4) is 0 Å². The van der Waals surface area contributed by atoms with Crippen molar-refractivity contribution in [3.8, 4) is 0 Å². The average molecular weight is 268 g/mol. The molecule has 0 atom stereocenters. The molecule has 0 saturated heterocycles. The van der Waals surface area contributed by atoms with Gasteiger partial charge in [-0.2, -0.15) is 0 Å². The number of ether oxygens (including phenoxy) is 1. The van der Waals surface area contributed by atoms with E-state index < -0.39 is 0 Å². The zero-order valence-corrected chi connectivity index (χ0v) is 11.2. The van der Waals surface area contributed by atoms with Crippen LogP contribution in [0.1, 0.15) is 43.0 Å². The molecule has 2 rings (SSSR count). The second-order valence-corrected chi connectivity index (χ2v) is 5.37. The summed E-state index contributed by atoms with van der Waals surface area (Å²) in [5.41, 5.74) is 6.43. The van der Waals surface area contributed by atoms with Crippen LogP contribution in [0.4, 0.5) is 5.69 Å². The molecule has 1 fully saturated rings. The van der Waals surface area contributed by atoms with E-state index in [0.29, 0.717) is 11.3 Å². The van der Waals surface area contributed by atoms with E-state index in [1.54, 1.807) is 18.2 Å². The number of carbonyl (C=O) groups is 1. The Bertz CT molecular complexity index is 439. The first-order valence-corrected chi connectivity index (χ1v) is 6.70. The Morgan fingerprint density at radius 1 is 1.33 bits per heavy atom. The topological polar surface area (TPSA) is 52.3 Å². The maximum absolute atomic E-state index is 12.0. The predicted octanol–water partition coefficient (Wildman–Crippen LogP) is 3.66. The average Bonchev–Trinajstić information content (AvgIpc) is 2.35. The van der Waals surface area contributed by atoms with Gasteiger partial charge in [0.2, 0.25) is 0 Å². The monoisotopic (exact) mass is 267 g/mol. The third-order valence-corrected chi connectivity index (χ3v) is 3.91. The molecule has 0 aromatic heterocycles. The van der Waals surface area contributed by atoms with Crippen LogP contribution in [-0.4, -0.2) is 12.1 Å². The molecule has 0 amide bonds. The first-order chi connectivity index (χ1) is 8.58. The van der Waals surface area contributed by atoms with E-state index in [4.69, 9.17) is 22.1 Å². The Kier molecular flexibility index (Phi) is 4.12. The molecule has 1 aromatic carbocycles. The summed E-state index contributed by atoms with van der Waals surface area (Å²) < 4.78 is 5.48. The van der Waals surface area contributed by atoms with Crippen LogP contribution < -0.4 is 5.73 Å².